The molecule has 1 fully saturated rings. The molecular formula is C26H28F3N3OS2. The number of nitrogens with zero attached hydrogens (tertiary/aromatic N) is 1. The third kappa shape index (κ3) is 6.56. The smallest absolute Gasteiger partial charge is 0.381 e. The summed E-state index contributed by atoms with van der Waals surface area (Å²) >= 11 is 1.65. The predicted octanol–water partition coefficient (Wildman–Crippen LogP) is 6.02. The highest BCUT2D eigenvalue weighted by atomic mass is 32.2. The fourth-order valence-electron chi connectivity index (χ4n) is 4.22. The van der Waals surface area contributed by atoms with Gasteiger partial charge in [-0.05, 0) is 73.9 Å². The van der Waals surface area contributed by atoms with Crippen LogP contribution >= 0.6 is 11.8 Å². The molecule has 1 aliphatic rings. The van der Waals surface area contributed by atoms with E-state index in [9.17, 15) is 17.4 Å². The quantitative estimate of drug-likeness (QED) is 0.309. The Morgan fingerprint density at radius 3 is 2.51 bits per heavy atom. The van der Waals surface area contributed by atoms with Gasteiger partial charge in [-0.15, -0.1) is 11.8 Å². The molecule has 0 amide bonds. The molecule has 1 aromatic heterocycles. The number of anilines is 2. The molecule has 2 heterocycles. The van der Waals surface area contributed by atoms with E-state index in [4.69, 9.17) is 0 Å². The first-order valence-electron chi connectivity index (χ1n) is 11.4. The number of benzene rings is 2. The first-order valence-corrected chi connectivity index (χ1v) is 14.1. The Labute approximate surface area is 210 Å². The second-order valence-electron chi connectivity index (χ2n) is 8.57. The van der Waals surface area contributed by atoms with Crippen molar-refractivity contribution >= 4 is 44.8 Å². The van der Waals surface area contributed by atoms with Crippen LogP contribution in [0.5, 0.6) is 0 Å². The molecule has 0 bridgehead atoms. The zero-order valence-electron chi connectivity index (χ0n) is 19.7. The van der Waals surface area contributed by atoms with Crippen molar-refractivity contribution < 1.29 is 17.4 Å². The van der Waals surface area contributed by atoms with Crippen molar-refractivity contribution in [2.75, 3.05) is 34.9 Å². The second kappa shape index (κ2) is 11.0. The van der Waals surface area contributed by atoms with Gasteiger partial charge in [0.25, 0.3) is 0 Å². The Bertz CT molecular complexity index is 1260. The minimum atomic E-state index is -4.37. The van der Waals surface area contributed by atoms with Gasteiger partial charge < -0.3 is 15.2 Å². The van der Waals surface area contributed by atoms with E-state index in [1.807, 2.05) is 43.5 Å². The Hall–Kier alpha value is -2.57. The third-order valence-corrected chi connectivity index (χ3v) is 8.18. The standard InChI is InChI=1S/C26H28F3N3OS2/c1-18-5-10-24-23(25(18)31-20-11-14-35(33)15-12-20)16-21(32(24)17-26(27,28)29)4-3-13-30-19-6-8-22(34-2)9-7-19/h5-10,16,20,30-31H,11-15,17H2,1-2H3. The largest absolute Gasteiger partial charge is 0.406 e. The average molecular weight is 520 g/mol. The summed E-state index contributed by atoms with van der Waals surface area (Å²) < 4.78 is 53.3. The monoisotopic (exact) mass is 519 g/mol. The topological polar surface area (TPSA) is 46.1 Å². The predicted molar refractivity (Wildman–Crippen MR) is 141 cm³/mol. The zero-order valence-corrected chi connectivity index (χ0v) is 21.3. The van der Waals surface area contributed by atoms with E-state index in [0.29, 0.717) is 29.3 Å². The van der Waals surface area contributed by atoms with Crippen molar-refractivity contribution in [3.8, 4) is 11.8 Å². The zero-order chi connectivity index (χ0) is 25.0. The normalized spacial score (nSPS) is 18.2. The summed E-state index contributed by atoms with van der Waals surface area (Å²) in [7, 11) is -0.777. The van der Waals surface area contributed by atoms with Gasteiger partial charge in [0.15, 0.2) is 0 Å². The summed E-state index contributed by atoms with van der Waals surface area (Å²) in [6, 6.07) is 13.4. The maximum absolute atomic E-state index is 13.5. The van der Waals surface area contributed by atoms with E-state index < -0.39 is 23.5 Å². The van der Waals surface area contributed by atoms with Crippen LogP contribution in [0.1, 0.15) is 24.1 Å². The fraction of sp³-hybridized carbons (Fsp3) is 0.385. The lowest BCUT2D eigenvalue weighted by atomic mass is 10.1. The van der Waals surface area contributed by atoms with E-state index in [1.54, 1.807) is 23.9 Å². The molecule has 2 N–H and O–H groups in total. The molecule has 0 aliphatic carbocycles. The summed E-state index contributed by atoms with van der Waals surface area (Å²) in [4.78, 5) is 1.15. The molecule has 4 rings (SSSR count). The van der Waals surface area contributed by atoms with E-state index in [-0.39, 0.29) is 6.04 Å². The Kier molecular flexibility index (Phi) is 8.02. The first-order chi connectivity index (χ1) is 16.7. The number of hydrogen-bond acceptors (Lipinski definition) is 4. The van der Waals surface area contributed by atoms with E-state index in [1.165, 1.54) is 4.57 Å². The third-order valence-electron chi connectivity index (χ3n) is 6.05. The molecule has 9 heteroatoms. The molecule has 186 valence electrons. The number of rotatable bonds is 6. The lowest BCUT2D eigenvalue weighted by molar-refractivity contribution is -0.140. The van der Waals surface area contributed by atoms with Gasteiger partial charge in [0, 0.05) is 50.0 Å². The number of halogens is 3. The number of fused-ring (bicyclic) bond motifs is 1. The van der Waals surface area contributed by atoms with Crippen LogP contribution < -0.4 is 10.6 Å². The van der Waals surface area contributed by atoms with Crippen molar-refractivity contribution in [3.05, 3.63) is 53.7 Å². The van der Waals surface area contributed by atoms with Gasteiger partial charge in [0.1, 0.15) is 6.54 Å². The first kappa shape index (κ1) is 25.5. The van der Waals surface area contributed by atoms with E-state index in [0.717, 1.165) is 40.1 Å². The summed E-state index contributed by atoms with van der Waals surface area (Å²) in [6.45, 7) is 1.16. The van der Waals surface area contributed by atoms with Crippen molar-refractivity contribution in [2.24, 2.45) is 0 Å². The summed E-state index contributed by atoms with van der Waals surface area (Å²) in [5, 5.41) is 7.44. The average Bonchev–Trinajstić information content (AvgIpc) is 3.16. The van der Waals surface area contributed by atoms with E-state index >= 15 is 0 Å². The molecule has 3 aromatic rings. The molecule has 0 saturated carbocycles. The molecule has 0 radical (unpaired) electrons. The number of thioether (sulfide) groups is 1. The lowest BCUT2D eigenvalue weighted by Crippen LogP contribution is -2.29. The van der Waals surface area contributed by atoms with Crippen LogP contribution in [0.25, 0.3) is 10.9 Å². The highest BCUT2D eigenvalue weighted by Gasteiger charge is 2.30. The van der Waals surface area contributed by atoms with Gasteiger partial charge in [0.05, 0.1) is 17.8 Å². The summed E-state index contributed by atoms with van der Waals surface area (Å²) in [6.07, 6.45) is -0.802. The maximum Gasteiger partial charge on any atom is 0.406 e. The van der Waals surface area contributed by atoms with Gasteiger partial charge in [-0.25, -0.2) is 0 Å². The second-order valence-corrected chi connectivity index (χ2v) is 11.1. The van der Waals surface area contributed by atoms with Crippen LogP contribution in [0.3, 0.4) is 0 Å². The molecule has 4 nitrogen and oxygen atoms in total. The summed E-state index contributed by atoms with van der Waals surface area (Å²) in [5.41, 5.74) is 3.53. The number of hydrogen-bond donors (Lipinski definition) is 2. The van der Waals surface area contributed by atoms with Gasteiger partial charge >= 0.3 is 6.18 Å². The fourth-order valence-corrected chi connectivity index (χ4v) is 5.93. The van der Waals surface area contributed by atoms with Crippen LogP contribution in [0, 0.1) is 18.8 Å². The Morgan fingerprint density at radius 1 is 1.14 bits per heavy atom. The molecular weight excluding hydrogens is 491 g/mol. The molecule has 0 spiro atoms. The van der Waals surface area contributed by atoms with Gasteiger partial charge in [-0.2, -0.15) is 13.2 Å². The Morgan fingerprint density at radius 2 is 1.86 bits per heavy atom. The highest BCUT2D eigenvalue weighted by Crippen LogP contribution is 2.33. The van der Waals surface area contributed by atoms with Crippen LogP contribution in [-0.2, 0) is 17.3 Å². The van der Waals surface area contributed by atoms with Crippen molar-refractivity contribution in [1.82, 2.24) is 4.57 Å². The summed E-state index contributed by atoms with van der Waals surface area (Å²) in [5.74, 6) is 7.22. The molecule has 35 heavy (non-hydrogen) atoms. The SMILES string of the molecule is CSc1ccc(NCC#Cc2cc3c(NC4CCS(=O)CC4)c(C)ccc3n2CC(F)(F)F)cc1. The minimum absolute atomic E-state index is 0.152. The number of alkyl halides is 3. The molecule has 1 saturated heterocycles. The molecule has 1 aliphatic heterocycles. The minimum Gasteiger partial charge on any atom is -0.381 e. The van der Waals surface area contributed by atoms with Crippen molar-refractivity contribution in [1.29, 1.82) is 0 Å². The van der Waals surface area contributed by atoms with Crippen LogP contribution in [0.4, 0.5) is 24.5 Å². The lowest BCUT2D eigenvalue weighted by Gasteiger charge is -2.25. The number of nitrogens with one attached hydrogen (secondary N) is 2. The molecule has 2 aromatic carbocycles. The molecule has 0 unspecified atom stereocenters. The highest BCUT2D eigenvalue weighted by molar-refractivity contribution is 7.98. The van der Waals surface area contributed by atoms with Gasteiger partial charge in [-0.1, -0.05) is 12.0 Å². The number of aryl methyl sites for hydroxylation is 1. The van der Waals surface area contributed by atoms with Gasteiger partial charge in [0.2, 0.25) is 0 Å². The Balaban J connectivity index is 1.62. The van der Waals surface area contributed by atoms with E-state index in [2.05, 4.69) is 22.5 Å². The molecule has 0 atom stereocenters. The maximum atomic E-state index is 13.5. The van der Waals surface area contributed by atoms with Crippen molar-refractivity contribution in [2.45, 2.75) is 43.4 Å². The van der Waals surface area contributed by atoms with Crippen LogP contribution in [0.15, 0.2) is 47.4 Å². The van der Waals surface area contributed by atoms with Crippen molar-refractivity contribution in [3.63, 3.8) is 0 Å². The number of aromatic nitrogens is 1. The van der Waals surface area contributed by atoms with Crippen LogP contribution in [-0.4, -0.2) is 45.3 Å². The van der Waals surface area contributed by atoms with Gasteiger partial charge in [-0.3, -0.25) is 4.21 Å². The van der Waals surface area contributed by atoms with Crippen LogP contribution in [0.2, 0.25) is 0 Å².